The van der Waals surface area contributed by atoms with Crippen LogP contribution in [0.1, 0.15) is 23.7 Å². The van der Waals surface area contributed by atoms with Gasteiger partial charge in [-0.25, -0.2) is 0 Å². The average Bonchev–Trinajstić information content (AvgIpc) is 3.02. The van der Waals surface area contributed by atoms with Crippen molar-refractivity contribution in [3.63, 3.8) is 0 Å². The molecule has 2 aromatic rings. The highest BCUT2D eigenvalue weighted by Gasteiger charge is 2.33. The van der Waals surface area contributed by atoms with Crippen molar-refractivity contribution in [1.82, 2.24) is 4.90 Å². The Balaban J connectivity index is 1.46. The molecule has 6 nitrogen and oxygen atoms in total. The summed E-state index contributed by atoms with van der Waals surface area (Å²) in [6, 6.07) is 13.4. The van der Waals surface area contributed by atoms with Gasteiger partial charge in [0, 0.05) is 9.94 Å². The molecule has 0 radical (unpaired) electrons. The molecule has 0 saturated carbocycles. The van der Waals surface area contributed by atoms with Gasteiger partial charge in [-0.2, -0.15) is 0 Å². The van der Waals surface area contributed by atoms with Gasteiger partial charge >= 0.3 is 19.1 Å². The molecule has 0 aromatic heterocycles. The van der Waals surface area contributed by atoms with Crippen LogP contribution in [0.5, 0.6) is 5.75 Å². The minimum atomic E-state index is -1.03. The SMILES string of the molecule is CN1CC(=O)OB(c2ccc(OC3CCc4cc(Br)ccc43)cc2)OC(=O)C1. The van der Waals surface area contributed by atoms with E-state index in [-0.39, 0.29) is 19.2 Å². The summed E-state index contributed by atoms with van der Waals surface area (Å²) in [7, 11) is 0.627. The fourth-order valence-electron chi connectivity index (χ4n) is 3.51. The molecule has 0 amide bonds. The molecule has 0 N–H and O–H groups in total. The Labute approximate surface area is 172 Å². The lowest BCUT2D eigenvalue weighted by Gasteiger charge is -2.22. The van der Waals surface area contributed by atoms with Crippen molar-refractivity contribution < 1.29 is 23.6 Å². The third kappa shape index (κ3) is 4.23. The number of likely N-dealkylation sites (N-methyl/N-ethyl adjacent to an activating group) is 1. The minimum Gasteiger partial charge on any atom is -0.494 e. The Hall–Kier alpha value is -2.32. The number of rotatable bonds is 3. The maximum Gasteiger partial charge on any atom is 0.636 e. The molecule has 1 aliphatic carbocycles. The van der Waals surface area contributed by atoms with E-state index in [2.05, 4.69) is 28.1 Å². The van der Waals surface area contributed by atoms with Crippen LogP contribution in [0.4, 0.5) is 0 Å². The fraction of sp³-hybridized carbons (Fsp3) is 0.300. The number of ether oxygens (including phenoxy) is 1. The predicted octanol–water partition coefficient (Wildman–Crippen LogP) is 2.24. The van der Waals surface area contributed by atoms with Crippen LogP contribution in [0, 0.1) is 0 Å². The van der Waals surface area contributed by atoms with Gasteiger partial charge in [0.2, 0.25) is 0 Å². The van der Waals surface area contributed by atoms with Crippen molar-refractivity contribution in [2.75, 3.05) is 20.1 Å². The lowest BCUT2D eigenvalue weighted by molar-refractivity contribution is -0.145. The maximum atomic E-state index is 11.9. The summed E-state index contributed by atoms with van der Waals surface area (Å²) in [5, 5.41) is 0. The Morgan fingerprint density at radius 1 is 1.07 bits per heavy atom. The van der Waals surface area contributed by atoms with Crippen LogP contribution in [-0.4, -0.2) is 44.1 Å². The standard InChI is InChI=1S/C20H19BBrNO5/c1-23-11-19(24)27-21(28-20(25)12-23)14-3-6-16(7-4-14)26-18-9-2-13-10-15(22)5-8-17(13)18/h3-8,10,18H,2,9,11-12H2,1H3. The molecule has 1 aliphatic heterocycles. The zero-order valence-corrected chi connectivity index (χ0v) is 17.0. The van der Waals surface area contributed by atoms with Crippen molar-refractivity contribution in [2.45, 2.75) is 18.9 Å². The Morgan fingerprint density at radius 3 is 2.43 bits per heavy atom. The molecule has 28 heavy (non-hydrogen) atoms. The molecule has 1 fully saturated rings. The summed E-state index contributed by atoms with van der Waals surface area (Å²) in [6.07, 6.45) is 1.93. The number of benzene rings is 2. The molecule has 2 aromatic carbocycles. The summed E-state index contributed by atoms with van der Waals surface area (Å²) >= 11 is 3.50. The van der Waals surface area contributed by atoms with Gasteiger partial charge in [-0.05, 0) is 55.3 Å². The van der Waals surface area contributed by atoms with E-state index in [0.717, 1.165) is 17.3 Å². The van der Waals surface area contributed by atoms with Gasteiger partial charge in [0.25, 0.3) is 0 Å². The normalized spacial score (nSPS) is 20.1. The highest BCUT2D eigenvalue weighted by atomic mass is 79.9. The minimum absolute atomic E-state index is 0.0153. The van der Waals surface area contributed by atoms with Gasteiger partial charge in [-0.15, -0.1) is 0 Å². The number of carbonyl (C=O) groups excluding carboxylic acids is 2. The summed E-state index contributed by atoms with van der Waals surface area (Å²) in [6.45, 7) is 0.0913. The van der Waals surface area contributed by atoms with Gasteiger partial charge in [-0.3, -0.25) is 14.5 Å². The molecule has 2 aliphatic rings. The van der Waals surface area contributed by atoms with Crippen LogP contribution < -0.4 is 10.2 Å². The van der Waals surface area contributed by atoms with Gasteiger partial charge in [0.05, 0.1) is 13.1 Å². The molecule has 8 heteroatoms. The van der Waals surface area contributed by atoms with E-state index in [4.69, 9.17) is 14.0 Å². The fourth-order valence-corrected chi connectivity index (χ4v) is 3.92. The molecule has 1 heterocycles. The topological polar surface area (TPSA) is 65.1 Å². The number of halogens is 1. The number of nitrogens with zero attached hydrogens (tertiary/aromatic N) is 1. The number of hydrogen-bond donors (Lipinski definition) is 0. The van der Waals surface area contributed by atoms with E-state index in [1.54, 1.807) is 36.2 Å². The summed E-state index contributed by atoms with van der Waals surface area (Å²) < 4.78 is 17.8. The Morgan fingerprint density at radius 2 is 1.75 bits per heavy atom. The lowest BCUT2D eigenvalue weighted by atomic mass is 9.78. The van der Waals surface area contributed by atoms with E-state index in [1.807, 2.05) is 6.07 Å². The zero-order chi connectivity index (χ0) is 19.7. The molecule has 0 spiro atoms. The van der Waals surface area contributed by atoms with E-state index in [1.165, 1.54) is 11.1 Å². The van der Waals surface area contributed by atoms with E-state index in [0.29, 0.717) is 11.2 Å². The van der Waals surface area contributed by atoms with Crippen LogP contribution in [0.2, 0.25) is 0 Å². The van der Waals surface area contributed by atoms with Crippen LogP contribution in [-0.2, 0) is 25.3 Å². The van der Waals surface area contributed by atoms with Gasteiger partial charge in [0.15, 0.2) is 0 Å². The van der Waals surface area contributed by atoms with Crippen LogP contribution in [0.3, 0.4) is 0 Å². The monoisotopic (exact) mass is 443 g/mol. The third-order valence-corrected chi connectivity index (χ3v) is 5.33. The first-order valence-electron chi connectivity index (χ1n) is 9.10. The first kappa shape index (κ1) is 19.0. The summed E-state index contributed by atoms with van der Waals surface area (Å²) in [5.41, 5.74) is 3.10. The predicted molar refractivity (Wildman–Crippen MR) is 107 cm³/mol. The lowest BCUT2D eigenvalue weighted by Crippen LogP contribution is -2.47. The van der Waals surface area contributed by atoms with Gasteiger partial charge in [0.1, 0.15) is 11.9 Å². The van der Waals surface area contributed by atoms with Crippen molar-refractivity contribution in [3.05, 3.63) is 58.1 Å². The highest BCUT2D eigenvalue weighted by Crippen LogP contribution is 2.36. The van der Waals surface area contributed by atoms with Crippen molar-refractivity contribution in [3.8, 4) is 5.75 Å². The summed E-state index contributed by atoms with van der Waals surface area (Å²) in [5.74, 6) is -0.157. The number of hydrogen-bond acceptors (Lipinski definition) is 6. The molecule has 144 valence electrons. The number of fused-ring (bicyclic) bond motifs is 1. The third-order valence-electron chi connectivity index (χ3n) is 4.83. The molecule has 4 rings (SSSR count). The van der Waals surface area contributed by atoms with E-state index in [9.17, 15) is 9.59 Å². The smallest absolute Gasteiger partial charge is 0.494 e. The quantitative estimate of drug-likeness (QED) is 0.678. The summed E-state index contributed by atoms with van der Waals surface area (Å²) in [4.78, 5) is 25.3. The largest absolute Gasteiger partial charge is 0.636 e. The molecule has 0 bridgehead atoms. The van der Waals surface area contributed by atoms with Crippen molar-refractivity contribution in [1.29, 1.82) is 0 Å². The Bertz CT molecular complexity index is 884. The highest BCUT2D eigenvalue weighted by molar-refractivity contribution is 9.10. The van der Waals surface area contributed by atoms with E-state index >= 15 is 0 Å². The molecular formula is C20H19BBrNO5. The molecular weight excluding hydrogens is 425 g/mol. The molecule has 1 saturated heterocycles. The average molecular weight is 444 g/mol. The Kier molecular flexibility index (Phi) is 5.41. The van der Waals surface area contributed by atoms with Crippen molar-refractivity contribution in [2.24, 2.45) is 0 Å². The second-order valence-electron chi connectivity index (χ2n) is 7.04. The van der Waals surface area contributed by atoms with E-state index < -0.39 is 19.1 Å². The second-order valence-corrected chi connectivity index (χ2v) is 7.96. The molecule has 1 atom stereocenters. The van der Waals surface area contributed by atoms with Crippen LogP contribution >= 0.6 is 15.9 Å². The first-order chi connectivity index (χ1) is 13.5. The van der Waals surface area contributed by atoms with Crippen molar-refractivity contribution >= 4 is 40.4 Å². The van der Waals surface area contributed by atoms with Gasteiger partial charge < -0.3 is 14.0 Å². The van der Waals surface area contributed by atoms with Crippen LogP contribution in [0.15, 0.2) is 46.9 Å². The number of carbonyl (C=O) groups is 2. The zero-order valence-electron chi connectivity index (χ0n) is 15.4. The first-order valence-corrected chi connectivity index (χ1v) is 9.90. The molecule has 1 unspecified atom stereocenters. The second kappa shape index (κ2) is 7.97. The van der Waals surface area contributed by atoms with Gasteiger partial charge in [-0.1, -0.05) is 34.1 Å². The maximum absolute atomic E-state index is 11.9. The van der Waals surface area contributed by atoms with Crippen LogP contribution in [0.25, 0.3) is 0 Å². The number of aryl methyl sites for hydroxylation is 1.